The van der Waals surface area contributed by atoms with Gasteiger partial charge in [-0.2, -0.15) is 0 Å². The van der Waals surface area contributed by atoms with Crippen molar-refractivity contribution in [2.75, 3.05) is 10.6 Å². The van der Waals surface area contributed by atoms with Crippen molar-refractivity contribution in [1.82, 2.24) is 10.1 Å². The third-order valence-corrected chi connectivity index (χ3v) is 3.91. The van der Waals surface area contributed by atoms with E-state index in [2.05, 4.69) is 53.7 Å². The molecule has 0 saturated carbocycles. The van der Waals surface area contributed by atoms with E-state index in [1.54, 1.807) is 25.3 Å². The highest BCUT2D eigenvalue weighted by atomic mass is 16.5. The van der Waals surface area contributed by atoms with Crippen LogP contribution in [0.5, 0.6) is 0 Å². The second kappa shape index (κ2) is 7.00. The minimum absolute atomic E-state index is 0.109. The number of aryl methyl sites for hydroxylation is 1. The summed E-state index contributed by atoms with van der Waals surface area (Å²) >= 11 is 0. The number of anilines is 3. The van der Waals surface area contributed by atoms with Crippen molar-refractivity contribution in [3.8, 4) is 0 Å². The summed E-state index contributed by atoms with van der Waals surface area (Å²) in [7, 11) is 0. The molecule has 0 aliphatic rings. The molecule has 0 bridgehead atoms. The molecule has 3 rings (SSSR count). The van der Waals surface area contributed by atoms with Gasteiger partial charge in [0.25, 0.3) is 5.91 Å². The predicted molar refractivity (Wildman–Crippen MR) is 102 cm³/mol. The Kier molecular flexibility index (Phi) is 4.75. The Balaban J connectivity index is 1.72. The van der Waals surface area contributed by atoms with Crippen LogP contribution in [0.4, 0.5) is 17.2 Å². The molecule has 0 unspecified atom stereocenters. The summed E-state index contributed by atoms with van der Waals surface area (Å²) in [6.45, 7) is 8.30. The molecule has 0 atom stereocenters. The van der Waals surface area contributed by atoms with E-state index in [4.69, 9.17) is 4.52 Å². The van der Waals surface area contributed by atoms with Crippen molar-refractivity contribution in [2.45, 2.75) is 33.1 Å². The van der Waals surface area contributed by atoms with Crippen LogP contribution in [0.25, 0.3) is 0 Å². The average Bonchev–Trinajstić information content (AvgIpc) is 2.99. The molecule has 2 aromatic heterocycles. The Morgan fingerprint density at radius 3 is 2.38 bits per heavy atom. The monoisotopic (exact) mass is 350 g/mol. The Morgan fingerprint density at radius 1 is 1.04 bits per heavy atom. The minimum atomic E-state index is -0.294. The lowest BCUT2D eigenvalue weighted by Gasteiger charge is -2.19. The van der Waals surface area contributed by atoms with Crippen molar-refractivity contribution >= 4 is 23.1 Å². The van der Waals surface area contributed by atoms with Gasteiger partial charge >= 0.3 is 0 Å². The third kappa shape index (κ3) is 4.27. The van der Waals surface area contributed by atoms with Gasteiger partial charge in [0.1, 0.15) is 5.76 Å². The van der Waals surface area contributed by atoms with Gasteiger partial charge < -0.3 is 15.2 Å². The average molecular weight is 350 g/mol. The highest BCUT2D eigenvalue weighted by Crippen LogP contribution is 2.25. The van der Waals surface area contributed by atoms with Crippen LogP contribution < -0.4 is 10.6 Å². The number of benzene rings is 1. The molecule has 1 aromatic carbocycles. The molecule has 2 N–H and O–H groups in total. The summed E-state index contributed by atoms with van der Waals surface area (Å²) in [4.78, 5) is 16.5. The van der Waals surface area contributed by atoms with Gasteiger partial charge in [-0.3, -0.25) is 9.78 Å². The standard InChI is InChI=1S/C20H22N4O2/c1-13-9-18(24-26-13)23-19(25)14-10-17(12-21-11-14)22-16-7-5-15(6-8-16)20(2,3)4/h5-12,22H,1-4H3,(H,23,24,25). The number of aromatic nitrogens is 2. The van der Waals surface area contributed by atoms with Crippen LogP contribution in [0.3, 0.4) is 0 Å². The number of carbonyl (C=O) groups is 1. The number of pyridine rings is 1. The summed E-state index contributed by atoms with van der Waals surface area (Å²) in [5.41, 5.74) is 3.47. The van der Waals surface area contributed by atoms with E-state index in [-0.39, 0.29) is 11.3 Å². The quantitative estimate of drug-likeness (QED) is 0.714. The van der Waals surface area contributed by atoms with Gasteiger partial charge in [-0.15, -0.1) is 0 Å². The summed E-state index contributed by atoms with van der Waals surface area (Å²) < 4.78 is 4.94. The lowest BCUT2D eigenvalue weighted by molar-refractivity contribution is 0.102. The smallest absolute Gasteiger partial charge is 0.258 e. The van der Waals surface area contributed by atoms with Crippen LogP contribution in [-0.2, 0) is 5.41 Å². The van der Waals surface area contributed by atoms with Crippen LogP contribution in [0.2, 0.25) is 0 Å². The van der Waals surface area contributed by atoms with Gasteiger partial charge in [-0.25, -0.2) is 0 Å². The van der Waals surface area contributed by atoms with E-state index in [1.165, 1.54) is 11.8 Å². The normalized spacial score (nSPS) is 11.2. The molecule has 134 valence electrons. The van der Waals surface area contributed by atoms with Gasteiger partial charge in [0, 0.05) is 18.0 Å². The number of nitrogens with one attached hydrogen (secondary N) is 2. The molecule has 26 heavy (non-hydrogen) atoms. The number of hydrogen-bond donors (Lipinski definition) is 2. The first-order valence-electron chi connectivity index (χ1n) is 8.38. The SMILES string of the molecule is Cc1cc(NC(=O)c2cncc(Nc3ccc(C(C)(C)C)cc3)c2)no1. The van der Waals surface area contributed by atoms with Gasteiger partial charge in [-0.1, -0.05) is 38.1 Å². The fourth-order valence-corrected chi connectivity index (χ4v) is 2.47. The first-order chi connectivity index (χ1) is 12.3. The molecule has 0 radical (unpaired) electrons. The Hall–Kier alpha value is -3.15. The molecule has 2 heterocycles. The van der Waals surface area contributed by atoms with Crippen molar-refractivity contribution in [1.29, 1.82) is 0 Å². The van der Waals surface area contributed by atoms with Crippen LogP contribution in [0.1, 0.15) is 42.5 Å². The Morgan fingerprint density at radius 2 is 1.77 bits per heavy atom. The lowest BCUT2D eigenvalue weighted by Crippen LogP contribution is -2.12. The van der Waals surface area contributed by atoms with Crippen LogP contribution in [-0.4, -0.2) is 16.0 Å². The number of amides is 1. The maximum absolute atomic E-state index is 12.3. The van der Waals surface area contributed by atoms with Gasteiger partial charge in [0.2, 0.25) is 0 Å². The zero-order chi connectivity index (χ0) is 18.7. The molecular weight excluding hydrogens is 328 g/mol. The Bertz CT molecular complexity index is 908. The highest BCUT2D eigenvalue weighted by Gasteiger charge is 2.13. The molecule has 0 aliphatic heterocycles. The summed E-state index contributed by atoms with van der Waals surface area (Å²) in [6.07, 6.45) is 3.19. The third-order valence-electron chi connectivity index (χ3n) is 3.91. The summed E-state index contributed by atoms with van der Waals surface area (Å²) in [6, 6.07) is 11.6. The fraction of sp³-hybridized carbons (Fsp3) is 0.250. The van der Waals surface area contributed by atoms with E-state index in [0.717, 1.165) is 11.4 Å². The highest BCUT2D eigenvalue weighted by molar-refractivity contribution is 6.04. The molecule has 6 nitrogen and oxygen atoms in total. The maximum Gasteiger partial charge on any atom is 0.258 e. The largest absolute Gasteiger partial charge is 0.360 e. The first kappa shape index (κ1) is 17.7. The Labute approximate surface area is 152 Å². The number of nitrogens with zero attached hydrogens (tertiary/aromatic N) is 2. The van der Waals surface area contributed by atoms with E-state index < -0.39 is 0 Å². The second-order valence-electron chi connectivity index (χ2n) is 7.19. The minimum Gasteiger partial charge on any atom is -0.360 e. The number of hydrogen-bond acceptors (Lipinski definition) is 5. The van der Waals surface area contributed by atoms with Crippen LogP contribution >= 0.6 is 0 Å². The lowest BCUT2D eigenvalue weighted by atomic mass is 9.87. The molecule has 3 aromatic rings. The molecule has 0 saturated heterocycles. The molecule has 0 spiro atoms. The summed E-state index contributed by atoms with van der Waals surface area (Å²) in [5, 5.41) is 9.71. The van der Waals surface area contributed by atoms with Crippen LogP contribution in [0.15, 0.2) is 53.3 Å². The van der Waals surface area contributed by atoms with E-state index in [1.807, 2.05) is 12.1 Å². The second-order valence-corrected chi connectivity index (χ2v) is 7.19. The van der Waals surface area contributed by atoms with Gasteiger partial charge in [0.15, 0.2) is 5.82 Å². The maximum atomic E-state index is 12.3. The van der Waals surface area contributed by atoms with E-state index in [0.29, 0.717) is 17.1 Å². The first-order valence-corrected chi connectivity index (χ1v) is 8.38. The molecule has 1 amide bonds. The van der Waals surface area contributed by atoms with Crippen molar-refractivity contribution in [3.63, 3.8) is 0 Å². The molecular formula is C20H22N4O2. The number of carbonyl (C=O) groups excluding carboxylic acids is 1. The number of rotatable bonds is 4. The summed E-state index contributed by atoms with van der Waals surface area (Å²) in [5.74, 6) is 0.716. The molecule has 0 fully saturated rings. The van der Waals surface area contributed by atoms with Crippen molar-refractivity contribution in [3.05, 3.63) is 65.7 Å². The van der Waals surface area contributed by atoms with Gasteiger partial charge in [0.05, 0.1) is 17.4 Å². The topological polar surface area (TPSA) is 80.0 Å². The molecule has 0 aliphatic carbocycles. The predicted octanol–water partition coefficient (Wildman–Crippen LogP) is 4.67. The zero-order valence-electron chi connectivity index (χ0n) is 15.3. The van der Waals surface area contributed by atoms with Crippen molar-refractivity contribution < 1.29 is 9.32 Å². The van der Waals surface area contributed by atoms with E-state index in [9.17, 15) is 4.79 Å². The van der Waals surface area contributed by atoms with E-state index >= 15 is 0 Å². The van der Waals surface area contributed by atoms with Gasteiger partial charge in [-0.05, 0) is 36.1 Å². The van der Waals surface area contributed by atoms with Crippen molar-refractivity contribution in [2.24, 2.45) is 0 Å². The fourth-order valence-electron chi connectivity index (χ4n) is 2.47. The zero-order valence-corrected chi connectivity index (χ0v) is 15.3. The molecule has 6 heteroatoms. The van der Waals surface area contributed by atoms with Crippen LogP contribution in [0, 0.1) is 6.92 Å².